The average Bonchev–Trinajstić information content (AvgIpc) is 3.54. The molecule has 8 aromatic rings. The van der Waals surface area contributed by atoms with Crippen LogP contribution in [0.4, 0.5) is 26.3 Å². The standard InChI is InChI=1S/C42H30F6N2/c1-23-9-13-35-29(17-23)30-18-24(2)10-14-36(30)49(35)39-21-28(27-7-5-6-8-33(27)41(43,44)45)34(42(46,47)48)22-40(39)50-37-15-11-25(3)19-31(37)32-20-26(4)12-16-38(32)50/h5-22H,1-4H3. The number of hydrogen-bond donors (Lipinski definition) is 0. The van der Waals surface area contributed by atoms with E-state index in [0.717, 1.165) is 73.0 Å². The average molecular weight is 677 g/mol. The molecule has 8 heteroatoms. The first kappa shape index (κ1) is 31.7. The van der Waals surface area contributed by atoms with E-state index in [1.165, 1.54) is 18.2 Å². The van der Waals surface area contributed by atoms with Crippen molar-refractivity contribution in [3.63, 3.8) is 0 Å². The number of rotatable bonds is 3. The topological polar surface area (TPSA) is 9.86 Å². The van der Waals surface area contributed by atoms with Crippen LogP contribution in [0.1, 0.15) is 33.4 Å². The van der Waals surface area contributed by atoms with E-state index >= 15 is 13.2 Å². The first-order chi connectivity index (χ1) is 23.7. The maximum Gasteiger partial charge on any atom is 0.417 e. The first-order valence-electron chi connectivity index (χ1n) is 16.2. The molecule has 2 heterocycles. The van der Waals surface area contributed by atoms with Crippen LogP contribution in [0.5, 0.6) is 0 Å². The quantitative estimate of drug-likeness (QED) is 0.165. The number of aromatic nitrogens is 2. The monoisotopic (exact) mass is 676 g/mol. The molecular weight excluding hydrogens is 646 g/mol. The van der Waals surface area contributed by atoms with Gasteiger partial charge < -0.3 is 9.13 Å². The molecule has 8 rings (SSSR count). The SMILES string of the molecule is Cc1ccc2c(c1)c1cc(C)ccc1n2-c1cc(-c2ccccc2C(F)(F)F)c(C(F)(F)F)cc1-n1c2ccc(C)cc2c2cc(C)ccc21. The Hall–Kier alpha value is -5.50. The van der Waals surface area contributed by atoms with Gasteiger partial charge in [-0.05, 0) is 106 Å². The fourth-order valence-corrected chi connectivity index (χ4v) is 7.38. The lowest BCUT2D eigenvalue weighted by molar-refractivity contribution is -0.139. The lowest BCUT2D eigenvalue weighted by atomic mass is 9.93. The molecule has 0 amide bonds. The molecule has 0 saturated carbocycles. The van der Waals surface area contributed by atoms with Gasteiger partial charge in [0, 0.05) is 21.5 Å². The second-order valence-electron chi connectivity index (χ2n) is 13.2. The number of benzene rings is 6. The lowest BCUT2D eigenvalue weighted by Gasteiger charge is -2.23. The smallest absolute Gasteiger partial charge is 0.307 e. The van der Waals surface area contributed by atoms with Gasteiger partial charge in [0.15, 0.2) is 0 Å². The molecular formula is C42H30F6N2. The number of fused-ring (bicyclic) bond motifs is 6. The third kappa shape index (κ3) is 4.96. The molecule has 6 aromatic carbocycles. The molecule has 0 saturated heterocycles. The molecule has 0 aliphatic rings. The molecule has 0 spiro atoms. The van der Waals surface area contributed by atoms with Crippen molar-refractivity contribution in [1.82, 2.24) is 9.13 Å². The molecule has 0 fully saturated rings. The van der Waals surface area contributed by atoms with E-state index in [2.05, 4.69) is 0 Å². The molecule has 50 heavy (non-hydrogen) atoms. The Morgan fingerprint density at radius 1 is 0.380 bits per heavy atom. The molecule has 0 N–H and O–H groups in total. The van der Waals surface area contributed by atoms with E-state index < -0.39 is 34.6 Å². The fraction of sp³-hybridized carbons (Fsp3) is 0.143. The van der Waals surface area contributed by atoms with Gasteiger partial charge in [-0.2, -0.15) is 26.3 Å². The Morgan fingerprint density at radius 3 is 1.12 bits per heavy atom. The van der Waals surface area contributed by atoms with Crippen molar-refractivity contribution < 1.29 is 26.3 Å². The number of halogens is 6. The fourth-order valence-electron chi connectivity index (χ4n) is 7.38. The summed E-state index contributed by atoms with van der Waals surface area (Å²) in [5.41, 5.74) is 3.90. The zero-order chi connectivity index (χ0) is 35.3. The Morgan fingerprint density at radius 2 is 0.740 bits per heavy atom. The summed E-state index contributed by atoms with van der Waals surface area (Å²) in [6, 6.07) is 30.2. The van der Waals surface area contributed by atoms with Crippen LogP contribution >= 0.6 is 0 Å². The molecule has 0 radical (unpaired) electrons. The van der Waals surface area contributed by atoms with Crippen molar-refractivity contribution in [2.45, 2.75) is 40.0 Å². The van der Waals surface area contributed by atoms with E-state index in [9.17, 15) is 13.2 Å². The highest BCUT2D eigenvalue weighted by Gasteiger charge is 2.39. The summed E-state index contributed by atoms with van der Waals surface area (Å²) >= 11 is 0. The van der Waals surface area contributed by atoms with Crippen molar-refractivity contribution in [3.8, 4) is 22.5 Å². The van der Waals surface area contributed by atoms with Crippen LogP contribution < -0.4 is 0 Å². The predicted octanol–water partition coefficient (Wildman–Crippen LogP) is 12.8. The minimum absolute atomic E-state index is 0.193. The number of nitrogens with zero attached hydrogens (tertiary/aromatic N) is 2. The molecule has 0 aliphatic heterocycles. The predicted molar refractivity (Wildman–Crippen MR) is 190 cm³/mol. The third-order valence-electron chi connectivity index (χ3n) is 9.58. The summed E-state index contributed by atoms with van der Waals surface area (Å²) in [5, 5.41) is 3.51. The highest BCUT2D eigenvalue weighted by molar-refractivity contribution is 6.12. The van der Waals surface area contributed by atoms with E-state index in [-0.39, 0.29) is 5.69 Å². The van der Waals surface area contributed by atoms with Gasteiger partial charge >= 0.3 is 12.4 Å². The van der Waals surface area contributed by atoms with E-state index in [4.69, 9.17) is 0 Å². The van der Waals surface area contributed by atoms with Gasteiger partial charge in [-0.3, -0.25) is 0 Å². The van der Waals surface area contributed by atoms with Gasteiger partial charge in [0.1, 0.15) is 0 Å². The van der Waals surface area contributed by atoms with Crippen LogP contribution in [0.2, 0.25) is 0 Å². The Labute approximate surface area is 283 Å². The second-order valence-corrected chi connectivity index (χ2v) is 13.2. The van der Waals surface area contributed by atoms with Crippen molar-refractivity contribution in [1.29, 1.82) is 0 Å². The van der Waals surface area contributed by atoms with E-state index in [1.54, 1.807) is 0 Å². The van der Waals surface area contributed by atoms with Crippen molar-refractivity contribution >= 4 is 43.6 Å². The summed E-state index contributed by atoms with van der Waals surface area (Å²) in [4.78, 5) is 0. The largest absolute Gasteiger partial charge is 0.417 e. The van der Waals surface area contributed by atoms with Gasteiger partial charge in [0.2, 0.25) is 0 Å². The molecule has 0 bridgehead atoms. The Bertz CT molecular complexity index is 2550. The zero-order valence-corrected chi connectivity index (χ0v) is 27.6. The van der Waals surface area contributed by atoms with E-state index in [0.29, 0.717) is 16.7 Å². The number of alkyl halides is 6. The minimum Gasteiger partial charge on any atom is -0.307 e. The van der Waals surface area contributed by atoms with Crippen LogP contribution in [0.15, 0.2) is 109 Å². The molecule has 2 aromatic heterocycles. The second kappa shape index (κ2) is 11.0. The summed E-state index contributed by atoms with van der Waals surface area (Å²) in [5.74, 6) is 0. The Balaban J connectivity index is 1.62. The number of hydrogen-bond acceptors (Lipinski definition) is 0. The van der Waals surface area contributed by atoms with Gasteiger partial charge in [-0.1, -0.05) is 64.7 Å². The summed E-state index contributed by atoms with van der Waals surface area (Å²) in [7, 11) is 0. The molecule has 250 valence electrons. The molecule has 0 atom stereocenters. The van der Waals surface area contributed by atoms with Crippen molar-refractivity contribution in [2.24, 2.45) is 0 Å². The van der Waals surface area contributed by atoms with E-state index in [1.807, 2.05) is 110 Å². The van der Waals surface area contributed by atoms with Gasteiger partial charge in [-0.15, -0.1) is 0 Å². The van der Waals surface area contributed by atoms with Crippen LogP contribution in [-0.4, -0.2) is 9.13 Å². The van der Waals surface area contributed by atoms with Crippen molar-refractivity contribution in [3.05, 3.63) is 143 Å². The third-order valence-corrected chi connectivity index (χ3v) is 9.58. The molecule has 2 nitrogen and oxygen atoms in total. The van der Waals surface area contributed by atoms with Crippen LogP contribution in [0.3, 0.4) is 0 Å². The normalized spacial score (nSPS) is 12.6. The minimum atomic E-state index is -4.98. The lowest BCUT2D eigenvalue weighted by Crippen LogP contribution is -2.14. The Kier molecular flexibility index (Phi) is 6.99. The molecule has 0 unspecified atom stereocenters. The van der Waals surface area contributed by atoms with Gasteiger partial charge in [0.05, 0.1) is 44.6 Å². The van der Waals surface area contributed by atoms with Crippen LogP contribution in [0, 0.1) is 27.7 Å². The van der Waals surface area contributed by atoms with Crippen molar-refractivity contribution in [2.75, 3.05) is 0 Å². The molecule has 0 aliphatic carbocycles. The highest BCUT2D eigenvalue weighted by Crippen LogP contribution is 2.47. The zero-order valence-electron chi connectivity index (χ0n) is 27.6. The van der Waals surface area contributed by atoms with Crippen LogP contribution in [0.25, 0.3) is 66.1 Å². The highest BCUT2D eigenvalue weighted by atomic mass is 19.4. The number of aryl methyl sites for hydroxylation is 4. The summed E-state index contributed by atoms with van der Waals surface area (Å²) in [6.07, 6.45) is -9.87. The van der Waals surface area contributed by atoms with Gasteiger partial charge in [0.25, 0.3) is 0 Å². The van der Waals surface area contributed by atoms with Gasteiger partial charge in [-0.25, -0.2) is 0 Å². The van der Waals surface area contributed by atoms with Crippen LogP contribution in [-0.2, 0) is 12.4 Å². The maximum absolute atomic E-state index is 15.3. The maximum atomic E-state index is 15.3. The first-order valence-corrected chi connectivity index (χ1v) is 16.2. The summed E-state index contributed by atoms with van der Waals surface area (Å²) < 4.78 is 92.9. The summed E-state index contributed by atoms with van der Waals surface area (Å²) in [6.45, 7) is 7.85.